The Labute approximate surface area is 176 Å². The number of fused-ring (bicyclic) bond motifs is 1. The monoisotopic (exact) mass is 406 g/mol. The first kappa shape index (κ1) is 21.2. The van der Waals surface area contributed by atoms with Gasteiger partial charge >= 0.3 is 0 Å². The van der Waals surface area contributed by atoms with Crippen LogP contribution in [-0.2, 0) is 6.42 Å². The van der Waals surface area contributed by atoms with E-state index in [0.717, 1.165) is 5.57 Å². The van der Waals surface area contributed by atoms with E-state index in [1.807, 2.05) is 33.8 Å². The van der Waals surface area contributed by atoms with Crippen molar-refractivity contribution in [2.75, 3.05) is 0 Å². The Morgan fingerprint density at radius 1 is 1.07 bits per heavy atom. The van der Waals surface area contributed by atoms with Gasteiger partial charge in [-0.25, -0.2) is 0 Å². The third kappa shape index (κ3) is 4.40. The number of phenolic OH excluding ortho intramolecular Hbond substituents is 3. The van der Waals surface area contributed by atoms with Crippen molar-refractivity contribution >= 4 is 17.9 Å². The number of benzene rings is 2. The molecule has 1 aliphatic rings. The van der Waals surface area contributed by atoms with Crippen molar-refractivity contribution in [1.82, 2.24) is 0 Å². The van der Waals surface area contributed by atoms with E-state index in [1.54, 1.807) is 30.4 Å². The van der Waals surface area contributed by atoms with Crippen LogP contribution < -0.4 is 4.74 Å². The van der Waals surface area contributed by atoms with Crippen LogP contribution in [0.2, 0.25) is 0 Å². The number of phenols is 3. The molecule has 0 saturated heterocycles. The van der Waals surface area contributed by atoms with Crippen molar-refractivity contribution in [3.8, 4) is 23.0 Å². The Bertz CT molecular complexity index is 1070. The van der Waals surface area contributed by atoms with E-state index >= 15 is 0 Å². The molecule has 1 heterocycles. The van der Waals surface area contributed by atoms with Crippen LogP contribution in [0.15, 0.2) is 48.1 Å². The van der Waals surface area contributed by atoms with Gasteiger partial charge in [-0.2, -0.15) is 0 Å². The summed E-state index contributed by atoms with van der Waals surface area (Å²) in [5.41, 5.74) is 1.84. The van der Waals surface area contributed by atoms with Crippen molar-refractivity contribution in [2.45, 2.75) is 39.7 Å². The highest BCUT2D eigenvalue weighted by molar-refractivity contribution is 6.11. The van der Waals surface area contributed by atoms with Crippen LogP contribution in [0, 0.1) is 0 Å². The van der Waals surface area contributed by atoms with Crippen LogP contribution in [0.4, 0.5) is 0 Å². The number of carbonyl (C=O) groups excluding carboxylic acids is 1. The fourth-order valence-electron chi connectivity index (χ4n) is 3.20. The molecule has 0 fully saturated rings. The lowest BCUT2D eigenvalue weighted by molar-refractivity contribution is 0.104. The molecule has 2 aromatic carbocycles. The molecule has 0 aromatic heterocycles. The predicted octanol–water partition coefficient (Wildman–Crippen LogP) is 5.39. The minimum Gasteiger partial charge on any atom is -0.508 e. The number of ether oxygens (including phenoxy) is 1. The van der Waals surface area contributed by atoms with Gasteiger partial charge in [0.05, 0.1) is 5.56 Å². The van der Waals surface area contributed by atoms with Crippen LogP contribution in [0.3, 0.4) is 0 Å². The molecule has 0 atom stereocenters. The van der Waals surface area contributed by atoms with E-state index in [4.69, 9.17) is 4.74 Å². The molecular weight excluding hydrogens is 380 g/mol. The molecule has 0 aliphatic carbocycles. The standard InChI is InChI=1S/C25H26O5/c1-15(2)5-11-18-22(28)21(20(27)12-8-16-6-9-17(26)10-7-16)23(29)19-13-14-25(3,4)30-24(18)19/h5-10,12-14,26,28-29H,11H2,1-4H3/b12-8+. The Morgan fingerprint density at radius 2 is 1.73 bits per heavy atom. The summed E-state index contributed by atoms with van der Waals surface area (Å²) in [6.45, 7) is 7.65. The highest BCUT2D eigenvalue weighted by Crippen LogP contribution is 2.47. The number of aromatic hydroxyl groups is 3. The lowest BCUT2D eigenvalue weighted by Gasteiger charge is -2.30. The number of allylic oxidation sites excluding steroid dienone is 3. The summed E-state index contributed by atoms with van der Waals surface area (Å²) < 4.78 is 6.03. The van der Waals surface area contributed by atoms with E-state index in [0.29, 0.717) is 28.9 Å². The van der Waals surface area contributed by atoms with E-state index in [2.05, 4.69) is 0 Å². The molecule has 0 unspecified atom stereocenters. The molecule has 30 heavy (non-hydrogen) atoms. The second-order valence-corrected chi connectivity index (χ2v) is 8.11. The zero-order valence-electron chi connectivity index (χ0n) is 17.6. The van der Waals surface area contributed by atoms with E-state index in [-0.39, 0.29) is 22.8 Å². The third-order valence-corrected chi connectivity index (χ3v) is 4.83. The first-order chi connectivity index (χ1) is 14.1. The van der Waals surface area contributed by atoms with Gasteiger partial charge in [0.2, 0.25) is 0 Å². The Kier molecular flexibility index (Phi) is 5.74. The van der Waals surface area contributed by atoms with Crippen LogP contribution in [-0.4, -0.2) is 26.7 Å². The molecule has 1 aliphatic heterocycles. The van der Waals surface area contributed by atoms with Gasteiger partial charge in [0.15, 0.2) is 5.78 Å². The molecular formula is C25H26O5. The van der Waals surface area contributed by atoms with Crippen molar-refractivity contribution in [1.29, 1.82) is 0 Å². The van der Waals surface area contributed by atoms with Crippen LogP contribution >= 0.6 is 0 Å². The van der Waals surface area contributed by atoms with Gasteiger partial charge in [-0.05, 0) is 70.0 Å². The van der Waals surface area contributed by atoms with E-state index in [1.165, 1.54) is 18.2 Å². The maximum atomic E-state index is 12.9. The summed E-state index contributed by atoms with van der Waals surface area (Å²) in [7, 11) is 0. The summed E-state index contributed by atoms with van der Waals surface area (Å²) >= 11 is 0. The number of hydrogen-bond donors (Lipinski definition) is 3. The molecule has 0 bridgehead atoms. The average molecular weight is 406 g/mol. The molecule has 0 spiro atoms. The van der Waals surface area contributed by atoms with Crippen molar-refractivity contribution in [3.63, 3.8) is 0 Å². The Balaban J connectivity index is 2.10. The summed E-state index contributed by atoms with van der Waals surface area (Å²) in [6, 6.07) is 6.34. The number of ketones is 1. The first-order valence-corrected chi connectivity index (χ1v) is 9.73. The van der Waals surface area contributed by atoms with Gasteiger partial charge in [0.25, 0.3) is 0 Å². The molecule has 3 N–H and O–H groups in total. The smallest absolute Gasteiger partial charge is 0.193 e. The van der Waals surface area contributed by atoms with E-state index < -0.39 is 11.4 Å². The second kappa shape index (κ2) is 8.11. The van der Waals surface area contributed by atoms with Gasteiger partial charge in [0, 0.05) is 5.56 Å². The molecule has 0 amide bonds. The first-order valence-electron chi connectivity index (χ1n) is 9.73. The summed E-state index contributed by atoms with van der Waals surface area (Å²) in [6.07, 6.45) is 8.67. The summed E-state index contributed by atoms with van der Waals surface area (Å²) in [4.78, 5) is 12.9. The number of rotatable bonds is 5. The van der Waals surface area contributed by atoms with Crippen LogP contribution in [0.5, 0.6) is 23.0 Å². The fraction of sp³-hybridized carbons (Fsp3) is 0.240. The van der Waals surface area contributed by atoms with Gasteiger partial charge in [0.1, 0.15) is 34.2 Å². The zero-order valence-corrected chi connectivity index (χ0v) is 17.6. The number of hydrogen-bond acceptors (Lipinski definition) is 5. The van der Waals surface area contributed by atoms with E-state index in [9.17, 15) is 20.1 Å². The lowest BCUT2D eigenvalue weighted by atomic mass is 9.92. The summed E-state index contributed by atoms with van der Waals surface area (Å²) in [5, 5.41) is 31.1. The highest BCUT2D eigenvalue weighted by Gasteiger charge is 2.31. The normalized spacial score (nSPS) is 14.3. The molecule has 0 saturated carbocycles. The largest absolute Gasteiger partial charge is 0.508 e. The predicted molar refractivity (Wildman–Crippen MR) is 118 cm³/mol. The summed E-state index contributed by atoms with van der Waals surface area (Å²) in [5.74, 6) is -0.612. The molecule has 3 rings (SSSR count). The maximum absolute atomic E-state index is 12.9. The number of carbonyl (C=O) groups is 1. The van der Waals surface area contributed by atoms with Crippen LogP contribution in [0.1, 0.15) is 54.7 Å². The Morgan fingerprint density at radius 3 is 2.37 bits per heavy atom. The lowest BCUT2D eigenvalue weighted by Crippen LogP contribution is -2.28. The zero-order chi connectivity index (χ0) is 22.1. The van der Waals surface area contributed by atoms with Gasteiger partial charge in [-0.15, -0.1) is 0 Å². The quantitative estimate of drug-likeness (QED) is 0.352. The second-order valence-electron chi connectivity index (χ2n) is 8.11. The van der Waals surface area contributed by atoms with Gasteiger partial charge < -0.3 is 20.1 Å². The van der Waals surface area contributed by atoms with Crippen LogP contribution in [0.25, 0.3) is 12.2 Å². The molecule has 5 heteroatoms. The SMILES string of the molecule is CC(C)=CCc1c(O)c(C(=O)/C=C/c2ccc(O)cc2)c(O)c2c1OC(C)(C)C=C2. The molecule has 0 radical (unpaired) electrons. The average Bonchev–Trinajstić information content (AvgIpc) is 2.66. The van der Waals surface area contributed by atoms with Crippen molar-refractivity contribution in [2.24, 2.45) is 0 Å². The highest BCUT2D eigenvalue weighted by atomic mass is 16.5. The molecule has 156 valence electrons. The van der Waals surface area contributed by atoms with Crippen molar-refractivity contribution < 1.29 is 24.9 Å². The minimum atomic E-state index is -0.601. The van der Waals surface area contributed by atoms with Crippen molar-refractivity contribution in [3.05, 3.63) is 70.3 Å². The third-order valence-electron chi connectivity index (χ3n) is 4.83. The minimum absolute atomic E-state index is 0.127. The molecule has 5 nitrogen and oxygen atoms in total. The maximum Gasteiger partial charge on any atom is 0.193 e. The van der Waals surface area contributed by atoms with Gasteiger partial charge in [-0.1, -0.05) is 29.9 Å². The fourth-order valence-corrected chi connectivity index (χ4v) is 3.20. The van der Waals surface area contributed by atoms with Gasteiger partial charge in [-0.3, -0.25) is 4.79 Å². The Hall–Kier alpha value is -3.47. The topological polar surface area (TPSA) is 87.0 Å². The molecule has 2 aromatic rings.